The van der Waals surface area contributed by atoms with Crippen LogP contribution in [0.3, 0.4) is 0 Å². The summed E-state index contributed by atoms with van der Waals surface area (Å²) < 4.78 is 11.2. The van der Waals surface area contributed by atoms with Gasteiger partial charge in [0.25, 0.3) is 0 Å². The Morgan fingerprint density at radius 1 is 1.03 bits per heavy atom. The van der Waals surface area contributed by atoms with E-state index in [1.165, 1.54) is 24.1 Å². The van der Waals surface area contributed by atoms with Crippen LogP contribution in [0.5, 0.6) is 0 Å². The molecule has 0 bridgehead atoms. The molecule has 3 aromatic heterocycles. The number of furan rings is 2. The average molecular weight is 427 g/mol. The Labute approximate surface area is 182 Å². The maximum absolute atomic E-state index is 5.78. The van der Waals surface area contributed by atoms with Crippen LogP contribution in [0.4, 0.5) is 0 Å². The zero-order chi connectivity index (χ0) is 20.4. The van der Waals surface area contributed by atoms with Crippen molar-refractivity contribution < 1.29 is 8.83 Å². The second-order valence-electron chi connectivity index (χ2n) is 7.51. The van der Waals surface area contributed by atoms with Crippen LogP contribution in [0.1, 0.15) is 41.7 Å². The van der Waals surface area contributed by atoms with Crippen LogP contribution >= 0.6 is 11.3 Å². The van der Waals surface area contributed by atoms with Crippen LogP contribution in [0, 0.1) is 0 Å². The van der Waals surface area contributed by atoms with Crippen LogP contribution in [-0.4, -0.2) is 37.0 Å². The Bertz CT molecular complexity index is 853. The van der Waals surface area contributed by atoms with Crippen LogP contribution in [0.2, 0.25) is 0 Å². The highest BCUT2D eigenvalue weighted by Crippen LogP contribution is 2.24. The zero-order valence-electron chi connectivity index (χ0n) is 17.3. The van der Waals surface area contributed by atoms with Gasteiger partial charge in [-0.05, 0) is 61.6 Å². The normalized spacial score (nSPS) is 16.5. The molecule has 0 saturated carbocycles. The fourth-order valence-corrected chi connectivity index (χ4v) is 4.43. The lowest BCUT2D eigenvalue weighted by Gasteiger charge is -2.33. The molecule has 1 aliphatic heterocycles. The van der Waals surface area contributed by atoms with Crippen molar-refractivity contribution in [3.63, 3.8) is 0 Å². The number of hydrogen-bond acceptors (Lipinski definition) is 5. The van der Waals surface area contributed by atoms with Crippen molar-refractivity contribution >= 4 is 17.3 Å². The summed E-state index contributed by atoms with van der Waals surface area (Å²) in [5, 5.41) is 9.11. The topological polar surface area (TPSA) is 65.9 Å². The minimum atomic E-state index is 0.208. The molecular formula is C23H30N4O2S. The predicted molar refractivity (Wildman–Crippen MR) is 121 cm³/mol. The third-order valence-corrected chi connectivity index (χ3v) is 6.24. The Morgan fingerprint density at radius 2 is 1.90 bits per heavy atom. The lowest BCUT2D eigenvalue weighted by Crippen LogP contribution is -2.44. The van der Waals surface area contributed by atoms with Gasteiger partial charge in [-0.1, -0.05) is 12.5 Å². The Hall–Kier alpha value is -2.51. The molecule has 1 unspecified atom stereocenters. The maximum atomic E-state index is 5.78. The van der Waals surface area contributed by atoms with Gasteiger partial charge in [-0.25, -0.2) is 4.99 Å². The SMILES string of the molecule is c1coc(CCNC(=NCc2cccs2)NCC(c2ccco2)N2CCCCC2)c1. The second-order valence-corrected chi connectivity index (χ2v) is 8.54. The fraction of sp³-hybridized carbons (Fsp3) is 0.435. The summed E-state index contributed by atoms with van der Waals surface area (Å²) in [5.41, 5.74) is 0. The average Bonchev–Trinajstić information content (AvgIpc) is 3.56. The molecule has 1 saturated heterocycles. The van der Waals surface area contributed by atoms with Crippen molar-refractivity contribution in [2.45, 2.75) is 38.3 Å². The van der Waals surface area contributed by atoms with E-state index < -0.39 is 0 Å². The van der Waals surface area contributed by atoms with Crippen molar-refractivity contribution in [3.8, 4) is 0 Å². The highest BCUT2D eigenvalue weighted by molar-refractivity contribution is 7.09. The highest BCUT2D eigenvalue weighted by Gasteiger charge is 2.24. The van der Waals surface area contributed by atoms with E-state index >= 15 is 0 Å². The minimum absolute atomic E-state index is 0.208. The molecule has 0 aliphatic carbocycles. The lowest BCUT2D eigenvalue weighted by atomic mass is 10.1. The van der Waals surface area contributed by atoms with E-state index in [1.54, 1.807) is 23.9 Å². The van der Waals surface area contributed by atoms with Crippen molar-refractivity contribution in [2.24, 2.45) is 4.99 Å². The lowest BCUT2D eigenvalue weighted by molar-refractivity contribution is 0.146. The number of piperidine rings is 1. The van der Waals surface area contributed by atoms with Crippen molar-refractivity contribution in [1.29, 1.82) is 0 Å². The largest absolute Gasteiger partial charge is 0.469 e. The molecule has 30 heavy (non-hydrogen) atoms. The van der Waals surface area contributed by atoms with E-state index in [2.05, 4.69) is 39.1 Å². The van der Waals surface area contributed by atoms with Gasteiger partial charge in [-0.3, -0.25) is 4.90 Å². The molecule has 1 fully saturated rings. The second kappa shape index (κ2) is 11.0. The first-order valence-corrected chi connectivity index (χ1v) is 11.6. The molecule has 4 rings (SSSR count). The summed E-state index contributed by atoms with van der Waals surface area (Å²) in [5.74, 6) is 2.81. The van der Waals surface area contributed by atoms with Crippen LogP contribution in [0.25, 0.3) is 0 Å². The number of nitrogens with one attached hydrogen (secondary N) is 2. The summed E-state index contributed by atoms with van der Waals surface area (Å²) in [4.78, 5) is 8.58. The number of likely N-dealkylation sites (tertiary alicyclic amines) is 1. The molecule has 0 radical (unpaired) electrons. The molecule has 160 valence electrons. The number of aliphatic imine (C=N–C) groups is 1. The molecular weight excluding hydrogens is 396 g/mol. The molecule has 2 N–H and O–H groups in total. The highest BCUT2D eigenvalue weighted by atomic mass is 32.1. The minimum Gasteiger partial charge on any atom is -0.469 e. The van der Waals surface area contributed by atoms with E-state index in [0.29, 0.717) is 6.54 Å². The van der Waals surface area contributed by atoms with E-state index in [4.69, 9.17) is 13.8 Å². The van der Waals surface area contributed by atoms with Crippen LogP contribution in [0.15, 0.2) is 68.1 Å². The summed E-state index contributed by atoms with van der Waals surface area (Å²) in [7, 11) is 0. The van der Waals surface area contributed by atoms with Gasteiger partial charge in [0.05, 0.1) is 25.1 Å². The molecule has 0 spiro atoms. The maximum Gasteiger partial charge on any atom is 0.191 e. The zero-order valence-corrected chi connectivity index (χ0v) is 18.1. The van der Waals surface area contributed by atoms with Gasteiger partial charge in [-0.15, -0.1) is 11.3 Å². The van der Waals surface area contributed by atoms with Gasteiger partial charge in [0, 0.05) is 24.4 Å². The van der Waals surface area contributed by atoms with Crippen molar-refractivity contribution in [1.82, 2.24) is 15.5 Å². The predicted octanol–water partition coefficient (Wildman–Crippen LogP) is 4.44. The van der Waals surface area contributed by atoms with Gasteiger partial charge in [0.2, 0.25) is 0 Å². The van der Waals surface area contributed by atoms with Crippen LogP contribution in [-0.2, 0) is 13.0 Å². The number of rotatable bonds is 9. The number of thiophene rings is 1. The number of hydrogen-bond donors (Lipinski definition) is 2. The fourth-order valence-electron chi connectivity index (χ4n) is 3.81. The summed E-state index contributed by atoms with van der Waals surface area (Å²) in [6.07, 6.45) is 8.11. The van der Waals surface area contributed by atoms with Gasteiger partial charge in [0.1, 0.15) is 11.5 Å². The molecule has 1 aliphatic rings. The summed E-state index contributed by atoms with van der Waals surface area (Å²) in [6.45, 7) is 4.41. The Balaban J connectivity index is 1.39. The summed E-state index contributed by atoms with van der Waals surface area (Å²) in [6, 6.07) is 12.4. The molecule has 0 amide bonds. The van der Waals surface area contributed by atoms with Gasteiger partial charge >= 0.3 is 0 Å². The first kappa shape index (κ1) is 20.8. The molecule has 1 atom stereocenters. The van der Waals surface area contributed by atoms with E-state index in [-0.39, 0.29) is 6.04 Å². The molecule has 7 heteroatoms. The van der Waals surface area contributed by atoms with Crippen LogP contribution < -0.4 is 10.6 Å². The molecule has 0 aromatic carbocycles. The first-order valence-electron chi connectivity index (χ1n) is 10.7. The first-order chi connectivity index (χ1) is 14.9. The van der Waals surface area contributed by atoms with E-state index in [0.717, 1.165) is 50.1 Å². The summed E-state index contributed by atoms with van der Waals surface area (Å²) >= 11 is 1.73. The third kappa shape index (κ3) is 6.00. The Kier molecular flexibility index (Phi) is 7.63. The van der Waals surface area contributed by atoms with E-state index in [1.807, 2.05) is 18.2 Å². The Morgan fingerprint density at radius 3 is 2.63 bits per heavy atom. The van der Waals surface area contributed by atoms with E-state index in [9.17, 15) is 0 Å². The molecule has 4 heterocycles. The molecule has 3 aromatic rings. The number of guanidine groups is 1. The van der Waals surface area contributed by atoms with Crippen molar-refractivity contribution in [3.05, 3.63) is 70.7 Å². The van der Waals surface area contributed by atoms with Gasteiger partial charge in [0.15, 0.2) is 5.96 Å². The van der Waals surface area contributed by atoms with Gasteiger partial charge in [-0.2, -0.15) is 0 Å². The quantitative estimate of drug-likeness (QED) is 0.391. The van der Waals surface area contributed by atoms with Crippen molar-refractivity contribution in [2.75, 3.05) is 26.2 Å². The number of nitrogens with zero attached hydrogens (tertiary/aromatic N) is 2. The molecule has 6 nitrogen and oxygen atoms in total. The monoisotopic (exact) mass is 426 g/mol. The van der Waals surface area contributed by atoms with Gasteiger partial charge < -0.3 is 19.5 Å². The third-order valence-electron chi connectivity index (χ3n) is 5.38. The standard InChI is InChI=1S/C23H30N4O2S/c1-2-12-27(13-3-1)21(22-9-5-15-29-22)18-26-23(25-17-20-8-6-16-30-20)24-11-10-19-7-4-14-28-19/h4-9,14-16,21H,1-3,10-13,17-18H2,(H2,24,25,26). The smallest absolute Gasteiger partial charge is 0.191 e.